The second kappa shape index (κ2) is 7.43. The molecule has 8 heteroatoms. The van der Waals surface area contributed by atoms with E-state index in [2.05, 4.69) is 26.6 Å². The number of hydrogen-bond donors (Lipinski definition) is 2. The molecule has 1 atom stereocenters. The molecule has 122 valence electrons. The third-order valence-electron chi connectivity index (χ3n) is 3.54. The first-order valence-electron chi connectivity index (χ1n) is 6.94. The molecule has 0 bridgehead atoms. The van der Waals surface area contributed by atoms with Crippen molar-refractivity contribution >= 4 is 21.8 Å². The lowest BCUT2D eigenvalue weighted by Gasteiger charge is -2.35. The zero-order valence-corrected chi connectivity index (χ0v) is 13.4. The Morgan fingerprint density at radius 2 is 1.95 bits per heavy atom. The van der Waals surface area contributed by atoms with Crippen LogP contribution in [0.4, 0.5) is 13.2 Å². The van der Waals surface area contributed by atoms with E-state index in [-0.39, 0.29) is 0 Å². The SMILES string of the molecule is O=C(NCC(N1CCNCC1)C(F)(F)F)c1ccccc1Br. The molecule has 1 aliphatic heterocycles. The van der Waals surface area contributed by atoms with Gasteiger partial charge in [0.25, 0.3) is 5.91 Å². The maximum Gasteiger partial charge on any atom is 0.405 e. The fraction of sp³-hybridized carbons (Fsp3) is 0.500. The number of alkyl halides is 3. The first kappa shape index (κ1) is 17.2. The third kappa shape index (κ3) is 4.44. The van der Waals surface area contributed by atoms with E-state index in [1.807, 2.05) is 0 Å². The van der Waals surface area contributed by atoms with E-state index < -0.39 is 24.7 Å². The number of halogens is 4. The normalized spacial score (nSPS) is 18.0. The van der Waals surface area contributed by atoms with Crippen molar-refractivity contribution < 1.29 is 18.0 Å². The summed E-state index contributed by atoms with van der Waals surface area (Å²) in [6, 6.07) is 4.97. The van der Waals surface area contributed by atoms with Crippen LogP contribution in [0.1, 0.15) is 10.4 Å². The summed E-state index contributed by atoms with van der Waals surface area (Å²) in [7, 11) is 0. The zero-order chi connectivity index (χ0) is 16.2. The summed E-state index contributed by atoms with van der Waals surface area (Å²) >= 11 is 3.22. The fourth-order valence-electron chi connectivity index (χ4n) is 2.38. The molecule has 0 aromatic heterocycles. The van der Waals surface area contributed by atoms with Crippen LogP contribution in [0.2, 0.25) is 0 Å². The summed E-state index contributed by atoms with van der Waals surface area (Å²) in [5.41, 5.74) is 0.323. The zero-order valence-electron chi connectivity index (χ0n) is 11.8. The second-order valence-corrected chi connectivity index (χ2v) is 5.89. The summed E-state index contributed by atoms with van der Waals surface area (Å²) in [6.07, 6.45) is -4.38. The Balaban J connectivity index is 2.02. The number of carbonyl (C=O) groups is 1. The maximum absolute atomic E-state index is 13.2. The summed E-state index contributed by atoms with van der Waals surface area (Å²) in [6.45, 7) is 1.21. The van der Waals surface area contributed by atoms with Crippen molar-refractivity contribution in [3.63, 3.8) is 0 Å². The fourth-order valence-corrected chi connectivity index (χ4v) is 2.84. The second-order valence-electron chi connectivity index (χ2n) is 5.03. The number of hydrogen-bond acceptors (Lipinski definition) is 3. The monoisotopic (exact) mass is 379 g/mol. The molecular formula is C14H17BrF3N3O. The van der Waals surface area contributed by atoms with E-state index >= 15 is 0 Å². The van der Waals surface area contributed by atoms with Crippen LogP contribution in [-0.4, -0.2) is 55.7 Å². The highest BCUT2D eigenvalue weighted by molar-refractivity contribution is 9.10. The van der Waals surface area contributed by atoms with Crippen molar-refractivity contribution in [3.8, 4) is 0 Å². The maximum atomic E-state index is 13.2. The summed E-state index contributed by atoms with van der Waals surface area (Å²) in [5, 5.41) is 5.41. The Hall–Kier alpha value is -1.12. The molecule has 1 aromatic carbocycles. The molecule has 1 saturated heterocycles. The van der Waals surface area contributed by atoms with Gasteiger partial charge >= 0.3 is 6.18 Å². The van der Waals surface area contributed by atoms with Crippen molar-refractivity contribution in [1.82, 2.24) is 15.5 Å². The summed E-state index contributed by atoms with van der Waals surface area (Å²) in [5.74, 6) is -0.517. The predicted molar refractivity (Wildman–Crippen MR) is 80.8 cm³/mol. The predicted octanol–water partition coefficient (Wildman–Crippen LogP) is 2.01. The molecule has 2 rings (SSSR count). The van der Waals surface area contributed by atoms with Gasteiger partial charge in [0.05, 0.1) is 5.56 Å². The van der Waals surface area contributed by atoms with Gasteiger partial charge in [0.1, 0.15) is 6.04 Å². The molecule has 1 amide bonds. The largest absolute Gasteiger partial charge is 0.405 e. The highest BCUT2D eigenvalue weighted by Crippen LogP contribution is 2.25. The van der Waals surface area contributed by atoms with Gasteiger partial charge in [0, 0.05) is 37.2 Å². The third-order valence-corrected chi connectivity index (χ3v) is 4.24. The van der Waals surface area contributed by atoms with Gasteiger partial charge in [-0.15, -0.1) is 0 Å². The summed E-state index contributed by atoms with van der Waals surface area (Å²) < 4.78 is 40.2. The molecular weight excluding hydrogens is 363 g/mol. The minimum atomic E-state index is -4.38. The average Bonchev–Trinajstić information content (AvgIpc) is 2.47. The van der Waals surface area contributed by atoms with Gasteiger partial charge in [0.2, 0.25) is 0 Å². The number of carbonyl (C=O) groups excluding carboxylic acids is 1. The van der Waals surface area contributed by atoms with Crippen LogP contribution in [0.5, 0.6) is 0 Å². The molecule has 1 fully saturated rings. The minimum absolute atomic E-state index is 0.315. The average molecular weight is 380 g/mol. The van der Waals surface area contributed by atoms with Crippen molar-refractivity contribution in [3.05, 3.63) is 34.3 Å². The van der Waals surface area contributed by atoms with Crippen molar-refractivity contribution in [2.45, 2.75) is 12.2 Å². The minimum Gasteiger partial charge on any atom is -0.350 e. The molecule has 0 saturated carbocycles. The Morgan fingerprint density at radius 3 is 2.55 bits per heavy atom. The topological polar surface area (TPSA) is 44.4 Å². The Bertz CT molecular complexity index is 518. The molecule has 0 spiro atoms. The van der Waals surface area contributed by atoms with Crippen molar-refractivity contribution in [2.75, 3.05) is 32.7 Å². The van der Waals surface area contributed by atoms with Crippen LogP contribution in [0, 0.1) is 0 Å². The van der Waals surface area contributed by atoms with Crippen molar-refractivity contribution in [2.24, 2.45) is 0 Å². The lowest BCUT2D eigenvalue weighted by Crippen LogP contribution is -2.57. The van der Waals surface area contributed by atoms with E-state index in [9.17, 15) is 18.0 Å². The number of nitrogens with one attached hydrogen (secondary N) is 2. The summed E-state index contributed by atoms with van der Waals surface area (Å²) in [4.78, 5) is 13.4. The van der Waals surface area contributed by atoms with Crippen molar-refractivity contribution in [1.29, 1.82) is 0 Å². The lowest BCUT2D eigenvalue weighted by atomic mass is 10.1. The lowest BCUT2D eigenvalue weighted by molar-refractivity contribution is -0.183. The van der Waals surface area contributed by atoms with Crippen LogP contribution in [0.3, 0.4) is 0 Å². The van der Waals surface area contributed by atoms with E-state index in [0.717, 1.165) is 0 Å². The molecule has 1 heterocycles. The molecule has 2 N–H and O–H groups in total. The van der Waals surface area contributed by atoms with Crippen LogP contribution in [0.25, 0.3) is 0 Å². The first-order valence-corrected chi connectivity index (χ1v) is 7.73. The van der Waals surface area contributed by atoms with Gasteiger partial charge in [-0.1, -0.05) is 12.1 Å². The molecule has 1 unspecified atom stereocenters. The number of piperazine rings is 1. The number of benzene rings is 1. The Kier molecular flexibility index (Phi) is 5.82. The van der Waals surface area contributed by atoms with E-state index in [1.54, 1.807) is 24.3 Å². The Morgan fingerprint density at radius 1 is 1.32 bits per heavy atom. The molecule has 1 aromatic rings. The van der Waals surface area contributed by atoms with E-state index in [0.29, 0.717) is 36.2 Å². The standard InChI is InChI=1S/C14H17BrF3N3O/c15-11-4-2-1-3-10(11)13(22)20-9-12(14(16,17)18)21-7-5-19-6-8-21/h1-4,12,19H,5-9H2,(H,20,22). The number of nitrogens with zero attached hydrogens (tertiary/aromatic N) is 1. The van der Waals surface area contributed by atoms with Crippen LogP contribution in [0.15, 0.2) is 28.7 Å². The highest BCUT2D eigenvalue weighted by atomic mass is 79.9. The quantitative estimate of drug-likeness (QED) is 0.840. The molecule has 22 heavy (non-hydrogen) atoms. The van der Waals surface area contributed by atoms with Crippen LogP contribution >= 0.6 is 15.9 Å². The Labute approximate surface area is 135 Å². The van der Waals surface area contributed by atoms with E-state index in [4.69, 9.17) is 0 Å². The first-order chi connectivity index (χ1) is 10.4. The van der Waals surface area contributed by atoms with Gasteiger partial charge in [-0.2, -0.15) is 13.2 Å². The van der Waals surface area contributed by atoms with E-state index in [1.165, 1.54) is 4.90 Å². The molecule has 0 aliphatic carbocycles. The van der Waals surface area contributed by atoms with Crippen LogP contribution in [-0.2, 0) is 0 Å². The number of amides is 1. The molecule has 0 radical (unpaired) electrons. The molecule has 1 aliphatic rings. The van der Waals surface area contributed by atoms with Crippen LogP contribution < -0.4 is 10.6 Å². The molecule has 4 nitrogen and oxygen atoms in total. The van der Waals surface area contributed by atoms with Gasteiger partial charge < -0.3 is 10.6 Å². The highest BCUT2D eigenvalue weighted by Gasteiger charge is 2.43. The van der Waals surface area contributed by atoms with Gasteiger partial charge in [0.15, 0.2) is 0 Å². The van der Waals surface area contributed by atoms with Gasteiger partial charge in [-0.3, -0.25) is 9.69 Å². The number of rotatable bonds is 4. The van der Waals surface area contributed by atoms with Gasteiger partial charge in [-0.05, 0) is 28.1 Å². The smallest absolute Gasteiger partial charge is 0.350 e. The van der Waals surface area contributed by atoms with Gasteiger partial charge in [-0.25, -0.2) is 0 Å².